The first-order valence-corrected chi connectivity index (χ1v) is 8.21. The third-order valence-electron chi connectivity index (χ3n) is 3.67. The molecule has 2 rings (SSSR count). The molecular weight excluding hydrogens is 315 g/mol. The fraction of sp³-hybridized carbons (Fsp3) is 0.600. The highest BCUT2D eigenvalue weighted by Crippen LogP contribution is 2.38. The van der Waals surface area contributed by atoms with Gasteiger partial charge in [0, 0.05) is 37.2 Å². The second-order valence-electron chi connectivity index (χ2n) is 5.72. The second kappa shape index (κ2) is 7.33. The van der Waals surface area contributed by atoms with Gasteiger partial charge in [0.15, 0.2) is 0 Å². The zero-order valence-corrected chi connectivity index (χ0v) is 14.2. The molecule has 1 N–H and O–H groups in total. The first kappa shape index (κ1) is 16.4. The topological polar surface area (TPSA) is 15.3 Å². The molecule has 1 aromatic carbocycles. The number of hydrogen-bond donors (Lipinski definition) is 1. The molecule has 1 aromatic rings. The van der Waals surface area contributed by atoms with Crippen LogP contribution in [0.2, 0.25) is 15.1 Å². The van der Waals surface area contributed by atoms with Gasteiger partial charge in [-0.15, -0.1) is 0 Å². The van der Waals surface area contributed by atoms with Crippen LogP contribution in [0.1, 0.15) is 31.9 Å². The lowest BCUT2D eigenvalue weighted by atomic mass is 9.95. The van der Waals surface area contributed by atoms with Crippen molar-refractivity contribution in [1.29, 1.82) is 0 Å². The lowest BCUT2D eigenvalue weighted by molar-refractivity contribution is 0.154. The number of rotatable bonds is 4. The third-order valence-corrected chi connectivity index (χ3v) is 4.70. The van der Waals surface area contributed by atoms with Crippen LogP contribution >= 0.6 is 34.8 Å². The van der Waals surface area contributed by atoms with Gasteiger partial charge in [-0.3, -0.25) is 4.90 Å². The predicted molar refractivity (Wildman–Crippen MR) is 88.1 cm³/mol. The summed E-state index contributed by atoms with van der Waals surface area (Å²) in [7, 11) is 0. The second-order valence-corrected chi connectivity index (χ2v) is 6.94. The number of benzene rings is 1. The normalized spacial score (nSPS) is 18.5. The summed E-state index contributed by atoms with van der Waals surface area (Å²) in [6.07, 6.45) is 1.05. The fourth-order valence-corrected chi connectivity index (χ4v) is 3.48. The van der Waals surface area contributed by atoms with Gasteiger partial charge in [0.2, 0.25) is 0 Å². The summed E-state index contributed by atoms with van der Waals surface area (Å²) in [6, 6.07) is 3.95. The summed E-state index contributed by atoms with van der Waals surface area (Å²) in [5.41, 5.74) is 1.06. The molecule has 0 aromatic heterocycles. The molecule has 1 aliphatic heterocycles. The highest BCUT2D eigenvalue weighted by Gasteiger charge is 2.26. The molecule has 112 valence electrons. The van der Waals surface area contributed by atoms with Gasteiger partial charge in [-0.25, -0.2) is 0 Å². The molecule has 1 fully saturated rings. The summed E-state index contributed by atoms with van der Waals surface area (Å²) in [6.45, 7) is 8.54. The summed E-state index contributed by atoms with van der Waals surface area (Å²) in [5, 5.41) is 5.22. The monoisotopic (exact) mass is 334 g/mol. The van der Waals surface area contributed by atoms with E-state index in [4.69, 9.17) is 34.8 Å². The molecule has 20 heavy (non-hydrogen) atoms. The molecule has 0 spiro atoms. The minimum Gasteiger partial charge on any atom is -0.314 e. The molecule has 0 amide bonds. The van der Waals surface area contributed by atoms with Crippen molar-refractivity contribution in [3.63, 3.8) is 0 Å². The lowest BCUT2D eigenvalue weighted by Gasteiger charge is -2.36. The Morgan fingerprint density at radius 1 is 1.15 bits per heavy atom. The van der Waals surface area contributed by atoms with Gasteiger partial charge in [0.1, 0.15) is 0 Å². The zero-order chi connectivity index (χ0) is 14.7. The van der Waals surface area contributed by atoms with E-state index in [9.17, 15) is 0 Å². The van der Waals surface area contributed by atoms with Crippen molar-refractivity contribution >= 4 is 34.8 Å². The van der Waals surface area contributed by atoms with E-state index in [2.05, 4.69) is 24.1 Å². The highest BCUT2D eigenvalue weighted by molar-refractivity contribution is 6.43. The summed E-state index contributed by atoms with van der Waals surface area (Å²) in [5.74, 6) is 0.587. The van der Waals surface area contributed by atoms with Crippen molar-refractivity contribution in [2.75, 3.05) is 26.2 Å². The Labute approximate surface area is 136 Å². The summed E-state index contributed by atoms with van der Waals surface area (Å²) >= 11 is 18.8. The average molecular weight is 336 g/mol. The van der Waals surface area contributed by atoms with Crippen molar-refractivity contribution in [1.82, 2.24) is 10.2 Å². The Bertz CT molecular complexity index is 457. The molecule has 1 aliphatic rings. The van der Waals surface area contributed by atoms with Crippen LogP contribution in [0, 0.1) is 5.92 Å². The number of nitrogens with zero attached hydrogens (tertiary/aromatic N) is 1. The maximum atomic E-state index is 6.43. The van der Waals surface area contributed by atoms with Crippen LogP contribution in [0.25, 0.3) is 0 Å². The molecule has 2 nitrogen and oxygen atoms in total. The summed E-state index contributed by atoms with van der Waals surface area (Å²) in [4.78, 5) is 2.48. The Morgan fingerprint density at radius 3 is 2.40 bits per heavy atom. The van der Waals surface area contributed by atoms with Crippen LogP contribution in [0.5, 0.6) is 0 Å². The van der Waals surface area contributed by atoms with Gasteiger partial charge < -0.3 is 5.32 Å². The van der Waals surface area contributed by atoms with Crippen LogP contribution in [-0.2, 0) is 0 Å². The molecule has 1 atom stereocenters. The predicted octanol–water partition coefficient (Wildman–Crippen LogP) is 4.64. The van der Waals surface area contributed by atoms with Crippen LogP contribution < -0.4 is 5.32 Å². The van der Waals surface area contributed by atoms with Gasteiger partial charge in [0.05, 0.1) is 10.0 Å². The van der Waals surface area contributed by atoms with E-state index in [1.165, 1.54) is 0 Å². The molecule has 0 unspecified atom stereocenters. The van der Waals surface area contributed by atoms with Gasteiger partial charge in [-0.1, -0.05) is 48.7 Å². The Hall–Kier alpha value is 0.01000. The van der Waals surface area contributed by atoms with Crippen molar-refractivity contribution in [2.45, 2.75) is 26.3 Å². The van der Waals surface area contributed by atoms with Gasteiger partial charge >= 0.3 is 0 Å². The molecule has 0 aliphatic carbocycles. The van der Waals surface area contributed by atoms with Crippen LogP contribution in [-0.4, -0.2) is 31.1 Å². The smallest absolute Gasteiger partial charge is 0.0641 e. The number of halogens is 3. The molecule has 0 bridgehead atoms. The quantitative estimate of drug-likeness (QED) is 0.806. The van der Waals surface area contributed by atoms with Gasteiger partial charge in [-0.05, 0) is 30.0 Å². The molecule has 0 saturated carbocycles. The van der Waals surface area contributed by atoms with E-state index in [1.807, 2.05) is 6.07 Å². The third kappa shape index (κ3) is 4.02. The minimum absolute atomic E-state index is 0.279. The van der Waals surface area contributed by atoms with E-state index in [1.54, 1.807) is 6.07 Å². The first-order valence-electron chi connectivity index (χ1n) is 7.08. The van der Waals surface area contributed by atoms with Crippen LogP contribution in [0.3, 0.4) is 0 Å². The van der Waals surface area contributed by atoms with Gasteiger partial charge in [-0.2, -0.15) is 0 Å². The Balaban J connectivity index is 2.34. The van der Waals surface area contributed by atoms with E-state index in [0.717, 1.165) is 38.2 Å². The first-order chi connectivity index (χ1) is 9.49. The Kier molecular flexibility index (Phi) is 6.00. The number of piperazine rings is 1. The number of hydrogen-bond acceptors (Lipinski definition) is 2. The van der Waals surface area contributed by atoms with Crippen molar-refractivity contribution < 1.29 is 0 Å². The molecule has 1 saturated heterocycles. The largest absolute Gasteiger partial charge is 0.314 e. The lowest BCUT2D eigenvalue weighted by Crippen LogP contribution is -2.45. The van der Waals surface area contributed by atoms with E-state index in [-0.39, 0.29) is 6.04 Å². The number of nitrogens with one attached hydrogen (secondary N) is 1. The Morgan fingerprint density at radius 2 is 1.80 bits per heavy atom. The maximum absolute atomic E-state index is 6.43. The highest BCUT2D eigenvalue weighted by atomic mass is 35.5. The SMILES string of the molecule is CC(C)C[C@H](c1cc(Cl)cc(Cl)c1Cl)N1CCNCC1. The van der Waals surface area contributed by atoms with Crippen LogP contribution in [0.4, 0.5) is 0 Å². The fourth-order valence-electron chi connectivity index (χ4n) is 2.73. The molecule has 0 radical (unpaired) electrons. The van der Waals surface area contributed by atoms with E-state index in [0.29, 0.717) is 21.0 Å². The standard InChI is InChI=1S/C15H21Cl3N2/c1-10(2)7-14(20-5-3-19-4-6-20)12-8-11(16)9-13(17)15(12)18/h8-10,14,19H,3-7H2,1-2H3/t14-/m1/s1. The molecule has 5 heteroatoms. The van der Waals surface area contributed by atoms with Crippen molar-refractivity contribution in [3.8, 4) is 0 Å². The van der Waals surface area contributed by atoms with Crippen molar-refractivity contribution in [3.05, 3.63) is 32.8 Å². The van der Waals surface area contributed by atoms with Gasteiger partial charge in [0.25, 0.3) is 0 Å². The molecular formula is C15H21Cl3N2. The zero-order valence-electron chi connectivity index (χ0n) is 11.9. The van der Waals surface area contributed by atoms with Crippen LogP contribution in [0.15, 0.2) is 12.1 Å². The minimum atomic E-state index is 0.279. The maximum Gasteiger partial charge on any atom is 0.0641 e. The molecule has 1 heterocycles. The van der Waals surface area contributed by atoms with E-state index >= 15 is 0 Å². The van der Waals surface area contributed by atoms with E-state index < -0.39 is 0 Å². The van der Waals surface area contributed by atoms with Crippen molar-refractivity contribution in [2.24, 2.45) is 5.92 Å². The summed E-state index contributed by atoms with van der Waals surface area (Å²) < 4.78 is 0. The average Bonchev–Trinajstić information content (AvgIpc) is 2.41.